The fourth-order valence-corrected chi connectivity index (χ4v) is 4.89. The van der Waals surface area contributed by atoms with Gasteiger partial charge in [-0.05, 0) is 24.7 Å². The van der Waals surface area contributed by atoms with Crippen molar-refractivity contribution in [1.29, 1.82) is 0 Å². The van der Waals surface area contributed by atoms with E-state index in [4.69, 9.17) is 0 Å². The third kappa shape index (κ3) is 1.74. The number of carbonyl (C=O) groups excluding carboxylic acids is 1. The number of isocyanates is 1. The molecule has 1 saturated heterocycles. The second kappa shape index (κ2) is 3.48. The van der Waals surface area contributed by atoms with Gasteiger partial charge >= 0.3 is 0 Å². The molecule has 0 aromatic rings. The van der Waals surface area contributed by atoms with Gasteiger partial charge in [0.2, 0.25) is 6.08 Å². The first kappa shape index (κ1) is 9.87. The molecule has 0 spiro atoms. The average Bonchev–Trinajstić information content (AvgIpc) is 2.06. The van der Waals surface area contributed by atoms with Crippen molar-refractivity contribution in [2.45, 2.75) is 25.3 Å². The van der Waals surface area contributed by atoms with Gasteiger partial charge in [-0.25, -0.2) is 18.2 Å². The molecular weight excluding hydrogens is 202 g/mol. The summed E-state index contributed by atoms with van der Waals surface area (Å²) in [5.74, 6) is 0.543. The van der Waals surface area contributed by atoms with E-state index in [9.17, 15) is 13.2 Å². The Morgan fingerprint density at radius 1 is 1.14 bits per heavy atom. The summed E-state index contributed by atoms with van der Waals surface area (Å²) in [6.07, 6.45) is 4.40. The second-order valence-corrected chi connectivity index (χ2v) is 6.39. The molecule has 78 valence electrons. The van der Waals surface area contributed by atoms with Crippen LogP contribution in [0.2, 0.25) is 0 Å². The van der Waals surface area contributed by atoms with Gasteiger partial charge in [0.15, 0.2) is 9.84 Å². The number of hydrogen-bond acceptors (Lipinski definition) is 4. The lowest BCUT2D eigenvalue weighted by molar-refractivity contribution is 0.242. The number of nitrogens with zero attached hydrogens (tertiary/aromatic N) is 1. The van der Waals surface area contributed by atoms with Crippen LogP contribution in [-0.2, 0) is 14.6 Å². The highest BCUT2D eigenvalue weighted by Gasteiger charge is 2.42. The highest BCUT2D eigenvalue weighted by atomic mass is 32.2. The summed E-state index contributed by atoms with van der Waals surface area (Å²) in [5.41, 5.74) is 0. The van der Waals surface area contributed by atoms with Crippen molar-refractivity contribution in [3.8, 4) is 0 Å². The van der Waals surface area contributed by atoms with E-state index in [0.29, 0.717) is 0 Å². The highest BCUT2D eigenvalue weighted by molar-refractivity contribution is 7.91. The van der Waals surface area contributed by atoms with Crippen LogP contribution in [-0.4, -0.2) is 32.0 Å². The van der Waals surface area contributed by atoms with E-state index in [0.717, 1.165) is 19.3 Å². The van der Waals surface area contributed by atoms with Crippen LogP contribution < -0.4 is 0 Å². The molecule has 0 aromatic carbocycles. The maximum atomic E-state index is 11.5. The number of aliphatic imine (C=N–C) groups is 1. The Morgan fingerprint density at radius 3 is 2.21 bits per heavy atom. The first-order chi connectivity index (χ1) is 6.62. The molecule has 2 bridgehead atoms. The molecule has 2 unspecified atom stereocenters. The molecule has 2 aliphatic rings. The zero-order chi connectivity index (χ0) is 10.2. The lowest BCUT2D eigenvalue weighted by Crippen LogP contribution is -2.45. The van der Waals surface area contributed by atoms with Gasteiger partial charge in [0, 0.05) is 0 Å². The normalized spacial score (nSPS) is 39.9. The van der Waals surface area contributed by atoms with Gasteiger partial charge < -0.3 is 0 Å². The van der Waals surface area contributed by atoms with Crippen molar-refractivity contribution < 1.29 is 13.2 Å². The maximum Gasteiger partial charge on any atom is 0.235 e. The van der Waals surface area contributed by atoms with Crippen LogP contribution in [0.15, 0.2) is 4.99 Å². The Labute approximate surface area is 83.3 Å². The zero-order valence-electron chi connectivity index (χ0n) is 7.85. The molecule has 1 aliphatic carbocycles. The minimum absolute atomic E-state index is 0.0638. The Kier molecular flexibility index (Phi) is 2.45. The second-order valence-electron chi connectivity index (χ2n) is 4.24. The Bertz CT molecular complexity index is 350. The number of hydrogen-bond donors (Lipinski definition) is 0. The molecule has 2 fully saturated rings. The predicted molar refractivity (Wildman–Crippen MR) is 51.4 cm³/mol. The number of sulfone groups is 1. The van der Waals surface area contributed by atoms with Gasteiger partial charge in [-0.1, -0.05) is 6.42 Å². The lowest BCUT2D eigenvalue weighted by Gasteiger charge is -2.38. The van der Waals surface area contributed by atoms with Gasteiger partial charge in [-0.2, -0.15) is 0 Å². The number of fused-ring (bicyclic) bond motifs is 2. The minimum atomic E-state index is -2.88. The molecule has 1 aliphatic heterocycles. The molecule has 14 heavy (non-hydrogen) atoms. The molecule has 0 aromatic heterocycles. The molecule has 1 heterocycles. The molecule has 4 nitrogen and oxygen atoms in total. The van der Waals surface area contributed by atoms with Crippen LogP contribution in [0.4, 0.5) is 0 Å². The Morgan fingerprint density at radius 2 is 1.71 bits per heavy atom. The lowest BCUT2D eigenvalue weighted by atomic mass is 9.78. The molecule has 2 atom stereocenters. The summed E-state index contributed by atoms with van der Waals surface area (Å²) in [6.45, 7) is 0. The fourth-order valence-electron chi connectivity index (χ4n) is 2.72. The van der Waals surface area contributed by atoms with Gasteiger partial charge in [-0.15, -0.1) is 0 Å². The number of rotatable bonds is 1. The van der Waals surface area contributed by atoms with Crippen LogP contribution >= 0.6 is 0 Å². The van der Waals surface area contributed by atoms with E-state index < -0.39 is 9.84 Å². The van der Waals surface area contributed by atoms with Crippen LogP contribution in [0, 0.1) is 11.8 Å². The first-order valence-corrected chi connectivity index (χ1v) is 6.72. The van der Waals surface area contributed by atoms with Gasteiger partial charge in [-0.3, -0.25) is 0 Å². The minimum Gasteiger partial charge on any atom is -0.229 e. The summed E-state index contributed by atoms with van der Waals surface area (Å²) >= 11 is 0. The topological polar surface area (TPSA) is 63.6 Å². The third-order valence-corrected chi connectivity index (χ3v) is 5.13. The summed E-state index contributed by atoms with van der Waals surface area (Å²) in [6, 6.07) is -0.0789. The summed E-state index contributed by atoms with van der Waals surface area (Å²) in [5, 5.41) is 0. The molecule has 0 radical (unpaired) electrons. The van der Waals surface area contributed by atoms with E-state index >= 15 is 0 Å². The fraction of sp³-hybridized carbons (Fsp3) is 0.889. The van der Waals surface area contributed by atoms with Gasteiger partial charge in [0.05, 0.1) is 17.5 Å². The van der Waals surface area contributed by atoms with Crippen LogP contribution in [0.5, 0.6) is 0 Å². The maximum absolute atomic E-state index is 11.5. The van der Waals surface area contributed by atoms with Crippen LogP contribution in [0.25, 0.3) is 0 Å². The average molecular weight is 215 g/mol. The monoisotopic (exact) mass is 215 g/mol. The highest BCUT2D eigenvalue weighted by Crippen LogP contribution is 2.37. The van der Waals surface area contributed by atoms with Crippen molar-refractivity contribution in [2.24, 2.45) is 16.8 Å². The van der Waals surface area contributed by atoms with Crippen molar-refractivity contribution in [3.05, 3.63) is 0 Å². The molecule has 0 amide bonds. The van der Waals surface area contributed by atoms with E-state index in [-0.39, 0.29) is 29.4 Å². The van der Waals surface area contributed by atoms with Gasteiger partial charge in [0.25, 0.3) is 0 Å². The SMILES string of the molecule is O=C=NC1C2CCCC1CS(=O)(=O)C2. The summed E-state index contributed by atoms with van der Waals surface area (Å²) in [7, 11) is -2.88. The molecule has 2 rings (SSSR count). The van der Waals surface area contributed by atoms with Gasteiger partial charge in [0.1, 0.15) is 0 Å². The van der Waals surface area contributed by atoms with E-state index in [1.54, 1.807) is 6.08 Å². The Hall–Kier alpha value is -0.670. The van der Waals surface area contributed by atoms with Crippen molar-refractivity contribution in [1.82, 2.24) is 0 Å². The van der Waals surface area contributed by atoms with Crippen LogP contribution in [0.1, 0.15) is 19.3 Å². The van der Waals surface area contributed by atoms with E-state index in [1.165, 1.54) is 0 Å². The quantitative estimate of drug-likeness (QED) is 0.473. The summed E-state index contributed by atoms with van der Waals surface area (Å²) < 4.78 is 22.9. The van der Waals surface area contributed by atoms with Crippen molar-refractivity contribution in [3.63, 3.8) is 0 Å². The van der Waals surface area contributed by atoms with Crippen molar-refractivity contribution >= 4 is 15.9 Å². The van der Waals surface area contributed by atoms with E-state index in [1.807, 2.05) is 0 Å². The van der Waals surface area contributed by atoms with Crippen LogP contribution in [0.3, 0.4) is 0 Å². The van der Waals surface area contributed by atoms with E-state index in [2.05, 4.69) is 4.99 Å². The van der Waals surface area contributed by atoms with Crippen molar-refractivity contribution in [2.75, 3.05) is 11.5 Å². The molecule has 5 heteroatoms. The largest absolute Gasteiger partial charge is 0.235 e. The Balaban J connectivity index is 2.27. The third-order valence-electron chi connectivity index (χ3n) is 3.25. The predicted octanol–water partition coefficient (Wildman–Crippen LogP) is 0.536. The standard InChI is InChI=1S/C9H13NO3S/c11-6-10-9-7-2-1-3-8(9)5-14(12,13)4-7/h7-9H,1-5H2. The summed E-state index contributed by atoms with van der Waals surface area (Å²) in [4.78, 5) is 14.0. The molecular formula is C9H13NO3S. The molecule has 1 saturated carbocycles. The smallest absolute Gasteiger partial charge is 0.229 e. The molecule has 0 N–H and O–H groups in total. The zero-order valence-corrected chi connectivity index (χ0v) is 8.66. The first-order valence-electron chi connectivity index (χ1n) is 4.90.